The Morgan fingerprint density at radius 1 is 1.30 bits per heavy atom. The Morgan fingerprint density at radius 3 is 2.85 bits per heavy atom. The van der Waals surface area contributed by atoms with Crippen molar-refractivity contribution in [1.29, 1.82) is 0 Å². The number of rotatable bonds is 7. The third-order valence-corrected chi connectivity index (χ3v) is 3.90. The van der Waals surface area contributed by atoms with Crippen LogP contribution in [0.1, 0.15) is 20.8 Å². The SMILES string of the molecule is COc1cc(C)ccc1C(=O)COCCc1cccs1. The van der Waals surface area contributed by atoms with Gasteiger partial charge < -0.3 is 9.47 Å². The van der Waals surface area contributed by atoms with Crippen LogP contribution in [0.25, 0.3) is 0 Å². The highest BCUT2D eigenvalue weighted by molar-refractivity contribution is 7.09. The fraction of sp³-hybridized carbons (Fsp3) is 0.312. The van der Waals surface area contributed by atoms with Crippen LogP contribution in [0, 0.1) is 6.92 Å². The number of hydrogen-bond acceptors (Lipinski definition) is 4. The maximum atomic E-state index is 12.1. The Morgan fingerprint density at radius 2 is 2.15 bits per heavy atom. The van der Waals surface area contributed by atoms with Gasteiger partial charge >= 0.3 is 0 Å². The van der Waals surface area contributed by atoms with Crippen molar-refractivity contribution in [3.05, 3.63) is 51.7 Å². The summed E-state index contributed by atoms with van der Waals surface area (Å²) in [6.07, 6.45) is 0.843. The van der Waals surface area contributed by atoms with Gasteiger partial charge in [0, 0.05) is 11.3 Å². The van der Waals surface area contributed by atoms with E-state index in [1.54, 1.807) is 24.5 Å². The Balaban J connectivity index is 1.85. The highest BCUT2D eigenvalue weighted by Gasteiger charge is 2.12. The first-order valence-corrected chi connectivity index (χ1v) is 7.36. The summed E-state index contributed by atoms with van der Waals surface area (Å²) in [5.41, 5.74) is 1.64. The van der Waals surface area contributed by atoms with Crippen molar-refractivity contribution in [3.63, 3.8) is 0 Å². The number of thiophene rings is 1. The molecule has 0 atom stereocenters. The smallest absolute Gasteiger partial charge is 0.192 e. The average molecular weight is 290 g/mol. The first kappa shape index (κ1) is 14.8. The van der Waals surface area contributed by atoms with Gasteiger partial charge in [0.2, 0.25) is 0 Å². The van der Waals surface area contributed by atoms with Crippen LogP contribution in [-0.2, 0) is 11.2 Å². The second-order valence-corrected chi connectivity index (χ2v) is 5.54. The predicted molar refractivity (Wildman–Crippen MR) is 80.9 cm³/mol. The third kappa shape index (κ3) is 3.92. The van der Waals surface area contributed by atoms with Crippen LogP contribution in [0.3, 0.4) is 0 Å². The zero-order valence-electron chi connectivity index (χ0n) is 11.7. The molecule has 0 fully saturated rings. The fourth-order valence-electron chi connectivity index (χ4n) is 1.90. The molecule has 0 amide bonds. The molecule has 1 aromatic heterocycles. The van der Waals surface area contributed by atoms with Crippen LogP contribution in [0.4, 0.5) is 0 Å². The molecule has 0 saturated heterocycles. The lowest BCUT2D eigenvalue weighted by Crippen LogP contribution is -2.12. The molecule has 1 heterocycles. The molecule has 4 heteroatoms. The second kappa shape index (κ2) is 7.22. The van der Waals surface area contributed by atoms with E-state index in [1.807, 2.05) is 30.5 Å². The third-order valence-electron chi connectivity index (χ3n) is 2.96. The van der Waals surface area contributed by atoms with Crippen molar-refractivity contribution in [2.24, 2.45) is 0 Å². The van der Waals surface area contributed by atoms with E-state index >= 15 is 0 Å². The lowest BCUT2D eigenvalue weighted by Gasteiger charge is -2.09. The molecule has 1 aromatic carbocycles. The fourth-order valence-corrected chi connectivity index (χ4v) is 2.59. The largest absolute Gasteiger partial charge is 0.496 e. The molecule has 0 aliphatic carbocycles. The Kier molecular flexibility index (Phi) is 5.32. The first-order chi connectivity index (χ1) is 9.70. The lowest BCUT2D eigenvalue weighted by atomic mass is 10.1. The molecule has 0 radical (unpaired) electrons. The number of benzene rings is 1. The molecule has 3 nitrogen and oxygen atoms in total. The summed E-state index contributed by atoms with van der Waals surface area (Å²) in [6, 6.07) is 9.64. The Bertz CT molecular complexity index is 561. The number of carbonyl (C=O) groups is 1. The van der Waals surface area contributed by atoms with Crippen LogP contribution >= 0.6 is 11.3 Å². The lowest BCUT2D eigenvalue weighted by molar-refractivity contribution is 0.0763. The van der Waals surface area contributed by atoms with Gasteiger partial charge in [-0.1, -0.05) is 12.1 Å². The van der Waals surface area contributed by atoms with Crippen molar-refractivity contribution in [2.75, 3.05) is 20.3 Å². The molecule has 2 rings (SSSR count). The average Bonchev–Trinajstić information content (AvgIpc) is 2.96. The zero-order valence-corrected chi connectivity index (χ0v) is 12.5. The van der Waals surface area contributed by atoms with Crippen molar-refractivity contribution in [2.45, 2.75) is 13.3 Å². The van der Waals surface area contributed by atoms with Crippen LogP contribution in [0.5, 0.6) is 5.75 Å². The van der Waals surface area contributed by atoms with Gasteiger partial charge in [-0.05, 0) is 36.1 Å². The van der Waals surface area contributed by atoms with Crippen LogP contribution in [-0.4, -0.2) is 26.1 Å². The van der Waals surface area contributed by atoms with E-state index < -0.39 is 0 Å². The minimum absolute atomic E-state index is 0.0481. The van der Waals surface area contributed by atoms with Crippen LogP contribution < -0.4 is 4.74 Å². The minimum Gasteiger partial charge on any atom is -0.496 e. The second-order valence-electron chi connectivity index (χ2n) is 4.51. The zero-order chi connectivity index (χ0) is 14.4. The standard InChI is InChI=1S/C16H18O3S/c1-12-5-6-14(16(10-12)18-2)15(17)11-19-8-7-13-4-3-9-20-13/h3-6,9-10H,7-8,11H2,1-2H3. The van der Waals surface area contributed by atoms with Gasteiger partial charge in [0.05, 0.1) is 19.3 Å². The van der Waals surface area contributed by atoms with Gasteiger partial charge in [0.15, 0.2) is 5.78 Å². The molecule has 0 spiro atoms. The van der Waals surface area contributed by atoms with Crippen LogP contribution in [0.2, 0.25) is 0 Å². The summed E-state index contributed by atoms with van der Waals surface area (Å²) >= 11 is 1.70. The molecule has 0 bridgehead atoms. The molecule has 0 saturated carbocycles. The number of carbonyl (C=O) groups excluding carboxylic acids is 1. The molecule has 20 heavy (non-hydrogen) atoms. The summed E-state index contributed by atoms with van der Waals surface area (Å²) in [7, 11) is 1.57. The normalized spacial score (nSPS) is 10.5. The maximum absolute atomic E-state index is 12.1. The number of ketones is 1. The molecule has 0 unspecified atom stereocenters. The number of ether oxygens (including phenoxy) is 2. The summed E-state index contributed by atoms with van der Waals surface area (Å²) in [5, 5.41) is 2.04. The monoisotopic (exact) mass is 290 g/mol. The Labute approximate surface area is 123 Å². The van der Waals surface area contributed by atoms with E-state index in [1.165, 1.54) is 4.88 Å². The van der Waals surface area contributed by atoms with E-state index in [0.29, 0.717) is 17.9 Å². The van der Waals surface area contributed by atoms with E-state index in [2.05, 4.69) is 6.07 Å². The van der Waals surface area contributed by atoms with E-state index in [-0.39, 0.29) is 12.4 Å². The molecule has 106 valence electrons. The van der Waals surface area contributed by atoms with Gasteiger partial charge in [-0.3, -0.25) is 4.79 Å². The van der Waals surface area contributed by atoms with Gasteiger partial charge in [-0.25, -0.2) is 0 Å². The molecule has 2 aromatic rings. The number of methoxy groups -OCH3 is 1. The minimum atomic E-state index is -0.0481. The molecule has 0 N–H and O–H groups in total. The summed E-state index contributed by atoms with van der Waals surface area (Å²) < 4.78 is 10.7. The van der Waals surface area contributed by atoms with Gasteiger partial charge in [-0.2, -0.15) is 0 Å². The number of hydrogen-bond donors (Lipinski definition) is 0. The predicted octanol–water partition coefficient (Wildman–Crippen LogP) is 3.51. The van der Waals surface area contributed by atoms with Gasteiger partial charge in [0.1, 0.15) is 12.4 Å². The first-order valence-electron chi connectivity index (χ1n) is 6.48. The number of aryl methyl sites for hydroxylation is 1. The topological polar surface area (TPSA) is 35.5 Å². The summed E-state index contributed by atoms with van der Waals surface area (Å²) in [4.78, 5) is 13.4. The van der Waals surface area contributed by atoms with E-state index in [9.17, 15) is 4.79 Å². The Hall–Kier alpha value is -1.65. The van der Waals surface area contributed by atoms with Gasteiger partial charge in [0.25, 0.3) is 0 Å². The van der Waals surface area contributed by atoms with Crippen molar-refractivity contribution >= 4 is 17.1 Å². The van der Waals surface area contributed by atoms with Crippen molar-refractivity contribution < 1.29 is 14.3 Å². The maximum Gasteiger partial charge on any atom is 0.192 e. The molecule has 0 aliphatic heterocycles. The van der Waals surface area contributed by atoms with Crippen molar-refractivity contribution in [1.82, 2.24) is 0 Å². The van der Waals surface area contributed by atoms with Crippen LogP contribution in [0.15, 0.2) is 35.7 Å². The molecule has 0 aliphatic rings. The highest BCUT2D eigenvalue weighted by Crippen LogP contribution is 2.20. The summed E-state index contributed by atoms with van der Waals surface area (Å²) in [5.74, 6) is 0.560. The quantitative estimate of drug-likeness (QED) is 0.578. The van der Waals surface area contributed by atoms with E-state index in [4.69, 9.17) is 9.47 Å². The van der Waals surface area contributed by atoms with Crippen molar-refractivity contribution in [3.8, 4) is 5.75 Å². The highest BCUT2D eigenvalue weighted by atomic mass is 32.1. The summed E-state index contributed by atoms with van der Waals surface area (Å²) in [6.45, 7) is 2.61. The van der Waals surface area contributed by atoms with Gasteiger partial charge in [-0.15, -0.1) is 11.3 Å². The number of Topliss-reactive ketones (excluding diaryl/α,β-unsaturated/α-hetero) is 1. The molecular formula is C16H18O3S. The van der Waals surface area contributed by atoms with E-state index in [0.717, 1.165) is 12.0 Å². The molecular weight excluding hydrogens is 272 g/mol.